The highest BCUT2D eigenvalue weighted by Crippen LogP contribution is 2.09. The fraction of sp³-hybridized carbons (Fsp3) is 0.182. The molecule has 3 nitrogen and oxygen atoms in total. The number of aryl methyl sites for hydroxylation is 1. The number of nitrogens with two attached hydrogens (primary N) is 1. The van der Waals surface area contributed by atoms with E-state index in [1.54, 1.807) is 4.57 Å². The summed E-state index contributed by atoms with van der Waals surface area (Å²) in [5, 5.41) is 1.87. The van der Waals surface area contributed by atoms with Gasteiger partial charge in [0.15, 0.2) is 0 Å². The molecule has 1 aromatic heterocycles. The van der Waals surface area contributed by atoms with Crippen molar-refractivity contribution in [3.63, 3.8) is 0 Å². The van der Waals surface area contributed by atoms with Gasteiger partial charge in [0.25, 0.3) is 0 Å². The average Bonchev–Trinajstić information content (AvgIpc) is 2.50. The Labute approximate surface area is 91.8 Å². The quantitative estimate of drug-likeness (QED) is 0.785. The maximum atomic E-state index is 11.5. The van der Waals surface area contributed by atoms with E-state index in [0.29, 0.717) is 6.54 Å². The van der Waals surface area contributed by atoms with E-state index in [9.17, 15) is 4.79 Å². The lowest BCUT2D eigenvalue weighted by molar-refractivity contribution is 0.755. The minimum absolute atomic E-state index is 0.0786. The molecule has 15 heavy (non-hydrogen) atoms. The predicted molar refractivity (Wildman–Crippen MR) is 63.3 cm³/mol. The molecule has 1 heterocycles. The van der Waals surface area contributed by atoms with Crippen molar-refractivity contribution in [2.45, 2.75) is 13.5 Å². The molecular weight excluding hydrogens is 208 g/mol. The number of hydrogen-bond acceptors (Lipinski definition) is 3. The Balaban J connectivity index is 2.33. The Kier molecular flexibility index (Phi) is 2.60. The number of thiazole rings is 1. The lowest BCUT2D eigenvalue weighted by atomic mass is 10.2. The first-order chi connectivity index (χ1) is 7.16. The van der Waals surface area contributed by atoms with E-state index in [4.69, 9.17) is 5.73 Å². The standard InChI is InChI=1S/C11H12N2OS/c1-8-7-15-11(14)13(8)6-9-3-2-4-10(12)5-9/h2-5,7H,6,12H2,1H3. The molecule has 0 bridgehead atoms. The van der Waals surface area contributed by atoms with Crippen molar-refractivity contribution in [3.05, 3.63) is 50.6 Å². The van der Waals surface area contributed by atoms with Gasteiger partial charge in [0.2, 0.25) is 0 Å². The summed E-state index contributed by atoms with van der Waals surface area (Å²) in [5.74, 6) is 0. The van der Waals surface area contributed by atoms with Crippen molar-refractivity contribution in [2.75, 3.05) is 5.73 Å². The second-order valence-electron chi connectivity index (χ2n) is 3.47. The lowest BCUT2D eigenvalue weighted by Crippen LogP contribution is -2.15. The number of benzene rings is 1. The van der Waals surface area contributed by atoms with Crippen molar-refractivity contribution in [1.29, 1.82) is 0 Å². The second-order valence-corrected chi connectivity index (χ2v) is 4.29. The molecule has 2 N–H and O–H groups in total. The summed E-state index contributed by atoms with van der Waals surface area (Å²) >= 11 is 1.23. The lowest BCUT2D eigenvalue weighted by Gasteiger charge is -2.05. The van der Waals surface area contributed by atoms with Gasteiger partial charge >= 0.3 is 4.87 Å². The Morgan fingerprint density at radius 1 is 1.47 bits per heavy atom. The third-order valence-electron chi connectivity index (χ3n) is 2.27. The maximum Gasteiger partial charge on any atom is 0.307 e. The summed E-state index contributed by atoms with van der Waals surface area (Å²) in [6.07, 6.45) is 0. The molecule has 0 spiro atoms. The second kappa shape index (κ2) is 3.90. The van der Waals surface area contributed by atoms with Gasteiger partial charge in [-0.05, 0) is 24.6 Å². The molecule has 0 saturated heterocycles. The van der Waals surface area contributed by atoms with E-state index in [-0.39, 0.29) is 4.87 Å². The molecular formula is C11H12N2OS. The molecule has 0 unspecified atom stereocenters. The summed E-state index contributed by atoms with van der Waals surface area (Å²) in [4.78, 5) is 11.6. The van der Waals surface area contributed by atoms with Gasteiger partial charge in [-0.15, -0.1) is 0 Å². The van der Waals surface area contributed by atoms with Gasteiger partial charge in [-0.3, -0.25) is 9.36 Å². The first-order valence-electron chi connectivity index (χ1n) is 4.66. The van der Waals surface area contributed by atoms with Crippen molar-refractivity contribution in [1.82, 2.24) is 4.57 Å². The normalized spacial score (nSPS) is 10.5. The van der Waals surface area contributed by atoms with Crippen LogP contribution in [0.25, 0.3) is 0 Å². The topological polar surface area (TPSA) is 48.0 Å². The van der Waals surface area contributed by atoms with Crippen LogP contribution in [-0.4, -0.2) is 4.57 Å². The highest BCUT2D eigenvalue weighted by molar-refractivity contribution is 7.07. The fourth-order valence-electron chi connectivity index (χ4n) is 1.47. The van der Waals surface area contributed by atoms with E-state index < -0.39 is 0 Å². The zero-order chi connectivity index (χ0) is 10.8. The van der Waals surface area contributed by atoms with E-state index in [1.807, 2.05) is 36.6 Å². The van der Waals surface area contributed by atoms with Gasteiger partial charge in [0, 0.05) is 16.8 Å². The smallest absolute Gasteiger partial charge is 0.307 e. The van der Waals surface area contributed by atoms with Crippen LogP contribution < -0.4 is 10.6 Å². The van der Waals surface area contributed by atoms with E-state index in [0.717, 1.165) is 16.9 Å². The van der Waals surface area contributed by atoms with Crippen molar-refractivity contribution < 1.29 is 0 Å². The molecule has 0 aliphatic heterocycles. The van der Waals surface area contributed by atoms with Crippen LogP contribution in [0, 0.1) is 6.92 Å². The Bertz CT molecular complexity index is 527. The van der Waals surface area contributed by atoms with Crippen molar-refractivity contribution in [3.8, 4) is 0 Å². The van der Waals surface area contributed by atoms with Gasteiger partial charge in [-0.1, -0.05) is 23.5 Å². The van der Waals surface area contributed by atoms with E-state index in [2.05, 4.69) is 0 Å². The first-order valence-corrected chi connectivity index (χ1v) is 5.54. The highest BCUT2D eigenvalue weighted by atomic mass is 32.1. The molecule has 4 heteroatoms. The average molecular weight is 220 g/mol. The number of rotatable bonds is 2. The molecule has 78 valence electrons. The molecule has 0 saturated carbocycles. The Morgan fingerprint density at radius 2 is 2.27 bits per heavy atom. The van der Waals surface area contributed by atoms with Crippen molar-refractivity contribution >= 4 is 17.0 Å². The van der Waals surface area contributed by atoms with Gasteiger partial charge < -0.3 is 5.73 Å². The molecule has 0 fully saturated rings. The summed E-state index contributed by atoms with van der Waals surface area (Å²) < 4.78 is 1.75. The van der Waals surface area contributed by atoms with Gasteiger partial charge in [0.05, 0.1) is 6.54 Å². The highest BCUT2D eigenvalue weighted by Gasteiger charge is 2.03. The third-order valence-corrected chi connectivity index (χ3v) is 3.15. The minimum Gasteiger partial charge on any atom is -0.399 e. The molecule has 0 radical (unpaired) electrons. The van der Waals surface area contributed by atoms with E-state index >= 15 is 0 Å². The number of nitrogens with zero attached hydrogens (tertiary/aromatic N) is 1. The fourth-order valence-corrected chi connectivity index (χ4v) is 2.20. The molecule has 0 aliphatic carbocycles. The molecule has 0 amide bonds. The van der Waals surface area contributed by atoms with Crippen LogP contribution in [0.1, 0.15) is 11.3 Å². The van der Waals surface area contributed by atoms with E-state index in [1.165, 1.54) is 11.3 Å². The Morgan fingerprint density at radius 3 is 2.87 bits per heavy atom. The van der Waals surface area contributed by atoms with Crippen LogP contribution in [0.4, 0.5) is 5.69 Å². The summed E-state index contributed by atoms with van der Waals surface area (Å²) in [5.41, 5.74) is 8.46. The predicted octanol–water partition coefficient (Wildman–Crippen LogP) is 1.85. The molecule has 0 atom stereocenters. The molecule has 2 rings (SSSR count). The third kappa shape index (κ3) is 2.10. The van der Waals surface area contributed by atoms with Gasteiger partial charge in [-0.2, -0.15) is 0 Å². The van der Waals surface area contributed by atoms with Gasteiger partial charge in [0.1, 0.15) is 0 Å². The monoisotopic (exact) mass is 220 g/mol. The summed E-state index contributed by atoms with van der Waals surface area (Å²) in [7, 11) is 0. The first kappa shape index (κ1) is 9.98. The largest absolute Gasteiger partial charge is 0.399 e. The van der Waals surface area contributed by atoms with Crippen LogP contribution in [-0.2, 0) is 6.54 Å². The minimum atomic E-state index is 0.0786. The molecule has 0 aliphatic rings. The van der Waals surface area contributed by atoms with Crippen LogP contribution in [0.5, 0.6) is 0 Å². The number of aromatic nitrogens is 1. The van der Waals surface area contributed by atoms with Gasteiger partial charge in [-0.25, -0.2) is 0 Å². The summed E-state index contributed by atoms with van der Waals surface area (Å²) in [6.45, 7) is 2.53. The number of hydrogen-bond donors (Lipinski definition) is 1. The maximum absolute atomic E-state index is 11.5. The molecule has 1 aromatic carbocycles. The zero-order valence-electron chi connectivity index (χ0n) is 8.43. The SMILES string of the molecule is Cc1csc(=O)n1Cc1cccc(N)c1. The summed E-state index contributed by atoms with van der Waals surface area (Å²) in [6, 6.07) is 7.60. The zero-order valence-corrected chi connectivity index (χ0v) is 9.25. The Hall–Kier alpha value is -1.55. The number of anilines is 1. The van der Waals surface area contributed by atoms with Crippen LogP contribution in [0.2, 0.25) is 0 Å². The number of nitrogen functional groups attached to an aromatic ring is 1. The van der Waals surface area contributed by atoms with Crippen LogP contribution in [0.3, 0.4) is 0 Å². The van der Waals surface area contributed by atoms with Crippen LogP contribution >= 0.6 is 11.3 Å². The van der Waals surface area contributed by atoms with Crippen LogP contribution in [0.15, 0.2) is 34.4 Å². The van der Waals surface area contributed by atoms with Crippen molar-refractivity contribution in [2.24, 2.45) is 0 Å². The molecule has 2 aromatic rings.